The van der Waals surface area contributed by atoms with Crippen LogP contribution in [0.4, 0.5) is 0 Å². The molecular weight excluding hydrogens is 264 g/mol. The van der Waals surface area contributed by atoms with Crippen molar-refractivity contribution in [1.29, 1.82) is 0 Å². The molecule has 110 valence electrons. The number of imidazole rings is 1. The molecular formula is C16H20N4O. The summed E-state index contributed by atoms with van der Waals surface area (Å²) in [5.74, 6) is 7.40. The molecule has 3 aromatic rings. The minimum Gasteiger partial charge on any atom is -0.459 e. The highest BCUT2D eigenvalue weighted by molar-refractivity contribution is 5.78. The molecule has 3 N–H and O–H groups in total. The van der Waals surface area contributed by atoms with Gasteiger partial charge >= 0.3 is 0 Å². The fourth-order valence-corrected chi connectivity index (χ4v) is 2.62. The largest absolute Gasteiger partial charge is 0.459 e. The average molecular weight is 284 g/mol. The third kappa shape index (κ3) is 2.57. The number of hydrogen-bond acceptors (Lipinski definition) is 4. The number of furan rings is 1. The second kappa shape index (κ2) is 5.71. The first kappa shape index (κ1) is 13.9. The van der Waals surface area contributed by atoms with Crippen LogP contribution < -0.4 is 11.3 Å². The van der Waals surface area contributed by atoms with Gasteiger partial charge in [0.25, 0.3) is 0 Å². The number of benzene rings is 1. The Kier molecular flexibility index (Phi) is 3.77. The SMILES string of the molecule is CCCn1ccnc1C(NN)c1cc2cc(C)ccc2o1. The summed E-state index contributed by atoms with van der Waals surface area (Å²) in [5.41, 5.74) is 4.89. The molecule has 0 saturated heterocycles. The summed E-state index contributed by atoms with van der Waals surface area (Å²) in [4.78, 5) is 4.43. The van der Waals surface area contributed by atoms with Crippen molar-refractivity contribution < 1.29 is 4.42 Å². The van der Waals surface area contributed by atoms with Crippen LogP contribution in [-0.2, 0) is 6.54 Å². The van der Waals surface area contributed by atoms with Crippen molar-refractivity contribution in [2.45, 2.75) is 32.9 Å². The number of nitrogens with two attached hydrogens (primary N) is 1. The summed E-state index contributed by atoms with van der Waals surface area (Å²) in [6.45, 7) is 5.12. The van der Waals surface area contributed by atoms with Crippen LogP contribution in [-0.4, -0.2) is 9.55 Å². The first-order valence-electron chi connectivity index (χ1n) is 7.20. The Labute approximate surface area is 123 Å². The van der Waals surface area contributed by atoms with Gasteiger partial charge in [0.1, 0.15) is 23.2 Å². The number of hydrogen-bond donors (Lipinski definition) is 2. The third-order valence-electron chi connectivity index (χ3n) is 3.61. The molecule has 0 radical (unpaired) electrons. The maximum absolute atomic E-state index is 5.94. The van der Waals surface area contributed by atoms with E-state index in [2.05, 4.69) is 34.9 Å². The number of nitrogens with zero attached hydrogens (tertiary/aromatic N) is 2. The third-order valence-corrected chi connectivity index (χ3v) is 3.61. The molecule has 5 heteroatoms. The normalized spacial score (nSPS) is 12.9. The molecule has 0 spiro atoms. The summed E-state index contributed by atoms with van der Waals surface area (Å²) in [5, 5.41) is 1.08. The molecule has 0 bridgehead atoms. The van der Waals surface area contributed by atoms with Crippen LogP contribution in [0.1, 0.15) is 36.5 Å². The monoisotopic (exact) mass is 284 g/mol. The Hall–Kier alpha value is -2.11. The van der Waals surface area contributed by atoms with Crippen LogP contribution in [0.15, 0.2) is 41.1 Å². The van der Waals surface area contributed by atoms with Crippen molar-refractivity contribution >= 4 is 11.0 Å². The van der Waals surface area contributed by atoms with Crippen LogP contribution in [0, 0.1) is 6.92 Å². The predicted molar refractivity (Wildman–Crippen MR) is 82.6 cm³/mol. The second-order valence-corrected chi connectivity index (χ2v) is 5.27. The topological polar surface area (TPSA) is 69.0 Å². The van der Waals surface area contributed by atoms with Crippen LogP contribution >= 0.6 is 0 Å². The number of fused-ring (bicyclic) bond motifs is 1. The van der Waals surface area contributed by atoms with Gasteiger partial charge in [0, 0.05) is 24.3 Å². The molecule has 0 saturated carbocycles. The molecule has 5 nitrogen and oxygen atoms in total. The lowest BCUT2D eigenvalue weighted by Gasteiger charge is -2.14. The summed E-state index contributed by atoms with van der Waals surface area (Å²) >= 11 is 0. The Morgan fingerprint density at radius 3 is 3.00 bits per heavy atom. The molecule has 2 aromatic heterocycles. The van der Waals surface area contributed by atoms with Gasteiger partial charge in [-0.25, -0.2) is 10.4 Å². The van der Waals surface area contributed by atoms with Gasteiger partial charge in [0.05, 0.1) is 0 Å². The van der Waals surface area contributed by atoms with Crippen molar-refractivity contribution in [2.75, 3.05) is 0 Å². The highest BCUT2D eigenvalue weighted by Crippen LogP contribution is 2.27. The van der Waals surface area contributed by atoms with E-state index < -0.39 is 0 Å². The number of rotatable bonds is 5. The zero-order valence-corrected chi connectivity index (χ0v) is 12.3. The van der Waals surface area contributed by atoms with Gasteiger partial charge < -0.3 is 8.98 Å². The van der Waals surface area contributed by atoms with Gasteiger partial charge in [-0.3, -0.25) is 5.84 Å². The van der Waals surface area contributed by atoms with Crippen molar-refractivity contribution in [3.05, 3.63) is 53.8 Å². The van der Waals surface area contributed by atoms with E-state index in [1.807, 2.05) is 24.4 Å². The van der Waals surface area contributed by atoms with E-state index in [-0.39, 0.29) is 6.04 Å². The maximum atomic E-state index is 5.94. The number of nitrogens with one attached hydrogen (secondary N) is 1. The van der Waals surface area contributed by atoms with Crippen LogP contribution in [0.2, 0.25) is 0 Å². The van der Waals surface area contributed by atoms with E-state index in [1.165, 1.54) is 5.56 Å². The van der Waals surface area contributed by atoms with Crippen molar-refractivity contribution in [3.8, 4) is 0 Å². The minimum absolute atomic E-state index is 0.251. The van der Waals surface area contributed by atoms with Gasteiger partial charge in [0.15, 0.2) is 0 Å². The molecule has 1 aromatic carbocycles. The standard InChI is InChI=1S/C16H20N4O/c1-3-7-20-8-6-18-16(20)15(19-17)14-10-12-9-11(2)4-5-13(12)21-14/h4-6,8-10,15,19H,3,7,17H2,1-2H3. The maximum Gasteiger partial charge on any atom is 0.137 e. The van der Waals surface area contributed by atoms with Gasteiger partial charge in [-0.05, 0) is 31.5 Å². The molecule has 1 atom stereocenters. The number of hydrazine groups is 1. The fourth-order valence-electron chi connectivity index (χ4n) is 2.62. The molecule has 0 aliphatic carbocycles. The molecule has 1 unspecified atom stereocenters. The van der Waals surface area contributed by atoms with Crippen molar-refractivity contribution in [2.24, 2.45) is 5.84 Å². The quantitative estimate of drug-likeness (QED) is 0.558. The van der Waals surface area contributed by atoms with Gasteiger partial charge in [-0.1, -0.05) is 18.6 Å². The zero-order chi connectivity index (χ0) is 14.8. The minimum atomic E-state index is -0.251. The number of aromatic nitrogens is 2. The van der Waals surface area contributed by atoms with Crippen LogP contribution in [0.3, 0.4) is 0 Å². The summed E-state index contributed by atoms with van der Waals surface area (Å²) in [7, 11) is 0. The van der Waals surface area contributed by atoms with E-state index in [9.17, 15) is 0 Å². The molecule has 2 heterocycles. The highest BCUT2D eigenvalue weighted by atomic mass is 16.3. The zero-order valence-electron chi connectivity index (χ0n) is 12.3. The smallest absolute Gasteiger partial charge is 0.137 e. The Morgan fingerprint density at radius 1 is 1.38 bits per heavy atom. The Balaban J connectivity index is 2.03. The van der Waals surface area contributed by atoms with Crippen LogP contribution in [0.5, 0.6) is 0 Å². The van der Waals surface area contributed by atoms with Crippen molar-refractivity contribution in [3.63, 3.8) is 0 Å². The Bertz CT molecular complexity index is 744. The first-order valence-corrected chi connectivity index (χ1v) is 7.20. The van der Waals surface area contributed by atoms with Crippen molar-refractivity contribution in [1.82, 2.24) is 15.0 Å². The van der Waals surface area contributed by atoms with Gasteiger partial charge in [0.2, 0.25) is 0 Å². The summed E-state index contributed by atoms with van der Waals surface area (Å²) in [6, 6.07) is 7.91. The lowest BCUT2D eigenvalue weighted by molar-refractivity contribution is 0.448. The van der Waals surface area contributed by atoms with E-state index in [4.69, 9.17) is 10.3 Å². The Morgan fingerprint density at radius 2 is 2.24 bits per heavy atom. The molecule has 3 rings (SSSR count). The second-order valence-electron chi connectivity index (χ2n) is 5.27. The van der Waals surface area contributed by atoms with Crippen LogP contribution in [0.25, 0.3) is 11.0 Å². The van der Waals surface area contributed by atoms with E-state index >= 15 is 0 Å². The summed E-state index contributed by atoms with van der Waals surface area (Å²) in [6.07, 6.45) is 4.80. The van der Waals surface area contributed by atoms with E-state index in [0.717, 1.165) is 35.5 Å². The number of aryl methyl sites for hydroxylation is 2. The lowest BCUT2D eigenvalue weighted by Crippen LogP contribution is -2.30. The molecule has 0 amide bonds. The predicted octanol–water partition coefficient (Wildman–Crippen LogP) is 2.90. The molecule has 0 aliphatic rings. The van der Waals surface area contributed by atoms with E-state index in [1.54, 1.807) is 6.20 Å². The molecule has 0 fully saturated rings. The van der Waals surface area contributed by atoms with Gasteiger partial charge in [-0.15, -0.1) is 0 Å². The molecule has 21 heavy (non-hydrogen) atoms. The van der Waals surface area contributed by atoms with E-state index in [0.29, 0.717) is 0 Å². The van der Waals surface area contributed by atoms with Gasteiger partial charge in [-0.2, -0.15) is 0 Å². The fraction of sp³-hybridized carbons (Fsp3) is 0.312. The first-order chi connectivity index (χ1) is 10.2. The lowest BCUT2D eigenvalue weighted by atomic mass is 10.1. The summed E-state index contributed by atoms with van der Waals surface area (Å²) < 4.78 is 8.04. The highest BCUT2D eigenvalue weighted by Gasteiger charge is 2.21. The molecule has 0 aliphatic heterocycles. The average Bonchev–Trinajstić information content (AvgIpc) is 3.07.